The lowest BCUT2D eigenvalue weighted by Crippen LogP contribution is -2.33. The Morgan fingerprint density at radius 3 is 2.64 bits per heavy atom. The summed E-state index contributed by atoms with van der Waals surface area (Å²) in [6, 6.07) is 0. The number of thioether (sulfide) groups is 1. The summed E-state index contributed by atoms with van der Waals surface area (Å²) in [7, 11) is 0. The molecule has 0 heterocycles. The lowest BCUT2D eigenvalue weighted by atomic mass is 10.3. The maximum absolute atomic E-state index is 5.61. The van der Waals surface area contributed by atoms with Crippen molar-refractivity contribution in [2.75, 3.05) is 19.3 Å². The molecule has 0 saturated heterocycles. The largest absolute Gasteiger partial charge is 0.370 e. The first-order chi connectivity index (χ1) is 6.06. The van der Waals surface area contributed by atoms with Gasteiger partial charge in [-0.2, -0.15) is 11.8 Å². The van der Waals surface area contributed by atoms with Crippen LogP contribution in [-0.2, 0) is 0 Å². The molecular formula is C9H20IN3S. The van der Waals surface area contributed by atoms with Crippen LogP contribution >= 0.6 is 35.7 Å². The number of rotatable bonds is 5. The summed E-state index contributed by atoms with van der Waals surface area (Å²) in [6.45, 7) is 9.29. The van der Waals surface area contributed by atoms with Gasteiger partial charge in [-0.15, -0.1) is 24.0 Å². The third-order valence-corrected chi connectivity index (χ3v) is 2.45. The summed E-state index contributed by atoms with van der Waals surface area (Å²) < 4.78 is 0. The van der Waals surface area contributed by atoms with E-state index in [1.165, 1.54) is 0 Å². The molecule has 3 N–H and O–H groups in total. The molecule has 0 aliphatic rings. The van der Waals surface area contributed by atoms with E-state index in [0.29, 0.717) is 17.8 Å². The van der Waals surface area contributed by atoms with E-state index in [1.807, 2.05) is 6.92 Å². The van der Waals surface area contributed by atoms with Crippen molar-refractivity contribution >= 4 is 41.7 Å². The van der Waals surface area contributed by atoms with Gasteiger partial charge in [-0.1, -0.05) is 19.1 Å². The van der Waals surface area contributed by atoms with E-state index in [2.05, 4.69) is 30.1 Å². The summed E-state index contributed by atoms with van der Waals surface area (Å²) in [5.41, 5.74) is 6.67. The highest BCUT2D eigenvalue weighted by atomic mass is 127. The van der Waals surface area contributed by atoms with Gasteiger partial charge >= 0.3 is 0 Å². The maximum Gasteiger partial charge on any atom is 0.188 e. The van der Waals surface area contributed by atoms with Gasteiger partial charge < -0.3 is 11.1 Å². The molecule has 0 rings (SSSR count). The van der Waals surface area contributed by atoms with Crippen molar-refractivity contribution in [2.24, 2.45) is 10.7 Å². The molecule has 0 radical (unpaired) electrons. The molecule has 1 atom stereocenters. The number of guanidine groups is 1. The Morgan fingerprint density at radius 2 is 2.21 bits per heavy atom. The Balaban J connectivity index is 0. The number of nitrogens with zero attached hydrogens (tertiary/aromatic N) is 1. The fourth-order valence-electron chi connectivity index (χ4n) is 0.599. The molecule has 0 fully saturated rings. The Labute approximate surface area is 108 Å². The zero-order chi connectivity index (χ0) is 10.3. The SMILES string of the molecule is C=C(C)CNC(N)=NCC(C)SC.I. The van der Waals surface area contributed by atoms with Crippen molar-refractivity contribution in [2.45, 2.75) is 19.1 Å². The van der Waals surface area contributed by atoms with Gasteiger partial charge in [-0.25, -0.2) is 0 Å². The number of halogens is 1. The topological polar surface area (TPSA) is 50.4 Å². The molecular weight excluding hydrogens is 309 g/mol. The van der Waals surface area contributed by atoms with Gasteiger partial charge in [-0.3, -0.25) is 4.99 Å². The summed E-state index contributed by atoms with van der Waals surface area (Å²) in [5, 5.41) is 3.50. The second-order valence-corrected chi connectivity index (χ2v) is 4.36. The normalized spacial score (nSPS) is 12.9. The second kappa shape index (κ2) is 9.64. The fourth-order valence-corrected chi connectivity index (χ4v) is 0.822. The molecule has 0 spiro atoms. The zero-order valence-electron chi connectivity index (χ0n) is 9.04. The molecule has 84 valence electrons. The van der Waals surface area contributed by atoms with E-state index >= 15 is 0 Å². The number of hydrogen-bond acceptors (Lipinski definition) is 2. The highest BCUT2D eigenvalue weighted by Gasteiger charge is 1.97. The molecule has 1 unspecified atom stereocenters. The van der Waals surface area contributed by atoms with Gasteiger partial charge in [0.25, 0.3) is 0 Å². The summed E-state index contributed by atoms with van der Waals surface area (Å²) in [6.07, 6.45) is 2.07. The molecule has 0 amide bonds. The number of aliphatic imine (C=N–C) groups is 1. The first-order valence-electron chi connectivity index (χ1n) is 4.27. The van der Waals surface area contributed by atoms with E-state index in [-0.39, 0.29) is 24.0 Å². The van der Waals surface area contributed by atoms with E-state index in [9.17, 15) is 0 Å². The minimum atomic E-state index is 0. The molecule has 0 bridgehead atoms. The monoisotopic (exact) mass is 329 g/mol. The minimum absolute atomic E-state index is 0. The Bertz CT molecular complexity index is 194. The molecule has 0 aromatic carbocycles. The molecule has 14 heavy (non-hydrogen) atoms. The number of nitrogens with two attached hydrogens (primary N) is 1. The van der Waals surface area contributed by atoms with Crippen molar-refractivity contribution in [3.05, 3.63) is 12.2 Å². The van der Waals surface area contributed by atoms with E-state index in [0.717, 1.165) is 12.1 Å². The zero-order valence-corrected chi connectivity index (χ0v) is 12.2. The molecule has 0 aliphatic heterocycles. The van der Waals surface area contributed by atoms with Crippen LogP contribution in [-0.4, -0.2) is 30.6 Å². The smallest absolute Gasteiger partial charge is 0.188 e. The van der Waals surface area contributed by atoms with Crippen molar-refractivity contribution in [1.29, 1.82) is 0 Å². The molecule has 0 aromatic heterocycles. The lowest BCUT2D eigenvalue weighted by Gasteiger charge is -2.07. The van der Waals surface area contributed by atoms with Crippen LogP contribution in [0.1, 0.15) is 13.8 Å². The molecule has 0 aromatic rings. The fraction of sp³-hybridized carbons (Fsp3) is 0.667. The second-order valence-electron chi connectivity index (χ2n) is 3.08. The third kappa shape index (κ3) is 10.2. The summed E-state index contributed by atoms with van der Waals surface area (Å²) >= 11 is 1.78. The average molecular weight is 329 g/mol. The first kappa shape index (κ1) is 16.5. The Kier molecular flexibility index (Phi) is 11.4. The van der Waals surface area contributed by atoms with Crippen LogP contribution in [0.3, 0.4) is 0 Å². The van der Waals surface area contributed by atoms with Crippen LogP contribution in [0.4, 0.5) is 0 Å². The first-order valence-corrected chi connectivity index (χ1v) is 5.56. The van der Waals surface area contributed by atoms with Gasteiger partial charge in [0.05, 0.1) is 6.54 Å². The molecule has 3 nitrogen and oxygen atoms in total. The van der Waals surface area contributed by atoms with Crippen LogP contribution < -0.4 is 11.1 Å². The van der Waals surface area contributed by atoms with Crippen LogP contribution in [0.15, 0.2) is 17.1 Å². The lowest BCUT2D eigenvalue weighted by molar-refractivity contribution is 0.908. The predicted octanol–water partition coefficient (Wildman–Crippen LogP) is 1.84. The summed E-state index contributed by atoms with van der Waals surface area (Å²) in [5.74, 6) is 0.504. The van der Waals surface area contributed by atoms with Crippen molar-refractivity contribution in [3.8, 4) is 0 Å². The van der Waals surface area contributed by atoms with Gasteiger partial charge in [-0.05, 0) is 13.2 Å². The van der Waals surface area contributed by atoms with Crippen LogP contribution in [0.5, 0.6) is 0 Å². The van der Waals surface area contributed by atoms with E-state index in [1.54, 1.807) is 11.8 Å². The highest BCUT2D eigenvalue weighted by Crippen LogP contribution is 2.03. The van der Waals surface area contributed by atoms with Crippen LogP contribution in [0, 0.1) is 0 Å². The summed E-state index contributed by atoms with van der Waals surface area (Å²) in [4.78, 5) is 4.19. The van der Waals surface area contributed by atoms with E-state index in [4.69, 9.17) is 5.73 Å². The van der Waals surface area contributed by atoms with Gasteiger partial charge in [0.1, 0.15) is 0 Å². The van der Waals surface area contributed by atoms with Gasteiger partial charge in [0.15, 0.2) is 5.96 Å². The average Bonchev–Trinajstić information content (AvgIpc) is 2.10. The minimum Gasteiger partial charge on any atom is -0.370 e. The van der Waals surface area contributed by atoms with Gasteiger partial charge in [0, 0.05) is 11.8 Å². The van der Waals surface area contributed by atoms with Crippen molar-refractivity contribution in [1.82, 2.24) is 5.32 Å². The molecule has 5 heteroatoms. The molecule has 0 saturated carbocycles. The predicted molar refractivity (Wildman–Crippen MR) is 77.7 cm³/mol. The number of hydrogen-bond donors (Lipinski definition) is 2. The van der Waals surface area contributed by atoms with Crippen LogP contribution in [0.25, 0.3) is 0 Å². The number of nitrogens with one attached hydrogen (secondary N) is 1. The Hall–Kier alpha value is 0.0900. The Morgan fingerprint density at radius 1 is 1.64 bits per heavy atom. The third-order valence-electron chi connectivity index (χ3n) is 1.49. The standard InChI is InChI=1S/C9H19N3S.HI/c1-7(2)5-11-9(10)12-6-8(3)13-4;/h8H,1,5-6H2,2-4H3,(H3,10,11,12);1H. The van der Waals surface area contributed by atoms with Crippen LogP contribution in [0.2, 0.25) is 0 Å². The van der Waals surface area contributed by atoms with Crippen molar-refractivity contribution < 1.29 is 0 Å². The van der Waals surface area contributed by atoms with Crippen molar-refractivity contribution in [3.63, 3.8) is 0 Å². The maximum atomic E-state index is 5.61. The van der Waals surface area contributed by atoms with Gasteiger partial charge in [0.2, 0.25) is 0 Å². The van der Waals surface area contributed by atoms with E-state index < -0.39 is 0 Å². The molecule has 0 aliphatic carbocycles. The highest BCUT2D eigenvalue weighted by molar-refractivity contribution is 14.0. The quantitative estimate of drug-likeness (QED) is 0.350.